The second-order valence-electron chi connectivity index (χ2n) is 6.02. The normalized spacial score (nSPS) is 12.7. The lowest BCUT2D eigenvalue weighted by Crippen LogP contribution is -2.18. The molecule has 24 heavy (non-hydrogen) atoms. The van der Waals surface area contributed by atoms with Gasteiger partial charge in [0.15, 0.2) is 0 Å². The maximum absolute atomic E-state index is 6.01. The summed E-state index contributed by atoms with van der Waals surface area (Å²) in [6, 6.07) is 7.66. The van der Waals surface area contributed by atoms with E-state index in [1.165, 1.54) is 5.01 Å². The van der Waals surface area contributed by atoms with Gasteiger partial charge in [-0.2, -0.15) is 0 Å². The van der Waals surface area contributed by atoms with Crippen LogP contribution < -0.4 is 5.32 Å². The van der Waals surface area contributed by atoms with E-state index in [4.69, 9.17) is 16.0 Å². The number of halogens is 1. The number of rotatable bonds is 6. The summed E-state index contributed by atoms with van der Waals surface area (Å²) in [6.07, 6.45) is 1.68. The molecule has 2 aromatic heterocycles. The molecule has 0 bridgehead atoms. The number of hydrogen-bond donors (Lipinski definition) is 1. The SMILES string of the molecule is CC(C)c1nc([C@@H](C)NCc2coc(-c3cccc(Cl)c3)n2)cs1. The van der Waals surface area contributed by atoms with Crippen LogP contribution in [-0.4, -0.2) is 9.97 Å². The number of oxazole rings is 1. The summed E-state index contributed by atoms with van der Waals surface area (Å²) in [5.41, 5.74) is 2.81. The molecule has 1 atom stereocenters. The summed E-state index contributed by atoms with van der Waals surface area (Å²) in [6.45, 7) is 7.05. The molecular formula is C18H20ClN3OS. The van der Waals surface area contributed by atoms with Gasteiger partial charge in [0.05, 0.1) is 16.4 Å². The minimum atomic E-state index is 0.167. The van der Waals surface area contributed by atoms with Gasteiger partial charge in [-0.05, 0) is 25.1 Å². The van der Waals surface area contributed by atoms with Gasteiger partial charge in [-0.15, -0.1) is 11.3 Å². The van der Waals surface area contributed by atoms with E-state index in [1.54, 1.807) is 17.6 Å². The molecule has 0 aliphatic carbocycles. The van der Waals surface area contributed by atoms with Crippen LogP contribution in [0.5, 0.6) is 0 Å². The summed E-state index contributed by atoms with van der Waals surface area (Å²) in [7, 11) is 0. The lowest BCUT2D eigenvalue weighted by molar-refractivity contribution is 0.546. The zero-order chi connectivity index (χ0) is 17.1. The highest BCUT2D eigenvalue weighted by molar-refractivity contribution is 7.09. The van der Waals surface area contributed by atoms with Crippen molar-refractivity contribution in [2.45, 2.75) is 39.3 Å². The minimum absolute atomic E-state index is 0.167. The van der Waals surface area contributed by atoms with Gasteiger partial charge in [0.1, 0.15) is 6.26 Å². The van der Waals surface area contributed by atoms with Crippen molar-refractivity contribution in [1.29, 1.82) is 0 Å². The summed E-state index contributed by atoms with van der Waals surface area (Å²) >= 11 is 7.72. The average molecular weight is 362 g/mol. The number of benzene rings is 1. The minimum Gasteiger partial charge on any atom is -0.444 e. The van der Waals surface area contributed by atoms with E-state index < -0.39 is 0 Å². The van der Waals surface area contributed by atoms with Gasteiger partial charge in [0.25, 0.3) is 0 Å². The van der Waals surface area contributed by atoms with Crippen molar-refractivity contribution < 1.29 is 4.42 Å². The Kier molecular flexibility index (Phi) is 5.33. The predicted octanol–water partition coefficient (Wildman–Crippen LogP) is 5.43. The Morgan fingerprint density at radius 1 is 1.25 bits per heavy atom. The van der Waals surface area contributed by atoms with Crippen molar-refractivity contribution in [3.63, 3.8) is 0 Å². The van der Waals surface area contributed by atoms with Gasteiger partial charge in [-0.1, -0.05) is 31.5 Å². The van der Waals surface area contributed by atoms with Crippen LogP contribution in [0.25, 0.3) is 11.5 Å². The molecule has 4 nitrogen and oxygen atoms in total. The number of hydrogen-bond acceptors (Lipinski definition) is 5. The summed E-state index contributed by atoms with van der Waals surface area (Å²) in [5.74, 6) is 1.05. The summed E-state index contributed by atoms with van der Waals surface area (Å²) in [5, 5.41) is 7.40. The first-order valence-corrected chi connectivity index (χ1v) is 9.17. The predicted molar refractivity (Wildman–Crippen MR) is 98.4 cm³/mol. The molecule has 0 saturated heterocycles. The second kappa shape index (κ2) is 7.47. The molecule has 0 amide bonds. The molecule has 6 heteroatoms. The van der Waals surface area contributed by atoms with Crippen molar-refractivity contribution in [3.8, 4) is 11.5 Å². The lowest BCUT2D eigenvalue weighted by Gasteiger charge is -2.09. The van der Waals surface area contributed by atoms with Crippen LogP contribution in [0.2, 0.25) is 5.02 Å². The fourth-order valence-electron chi connectivity index (χ4n) is 2.27. The molecule has 0 saturated carbocycles. The third kappa shape index (κ3) is 4.04. The van der Waals surface area contributed by atoms with E-state index in [0.717, 1.165) is 17.0 Å². The molecule has 3 aromatic rings. The van der Waals surface area contributed by atoms with E-state index in [2.05, 4.69) is 41.4 Å². The van der Waals surface area contributed by atoms with Gasteiger partial charge in [0.2, 0.25) is 5.89 Å². The molecule has 0 unspecified atom stereocenters. The van der Waals surface area contributed by atoms with Crippen molar-refractivity contribution in [1.82, 2.24) is 15.3 Å². The van der Waals surface area contributed by atoms with Crippen LogP contribution in [-0.2, 0) is 6.54 Å². The Labute approximate surface area is 150 Å². The molecule has 3 rings (SSSR count). The zero-order valence-electron chi connectivity index (χ0n) is 13.9. The Morgan fingerprint density at radius 2 is 2.08 bits per heavy atom. The van der Waals surface area contributed by atoms with E-state index >= 15 is 0 Å². The topological polar surface area (TPSA) is 51.0 Å². The van der Waals surface area contributed by atoms with Gasteiger partial charge in [-0.3, -0.25) is 0 Å². The van der Waals surface area contributed by atoms with Crippen LogP contribution in [0.4, 0.5) is 0 Å². The molecule has 0 spiro atoms. The molecular weight excluding hydrogens is 342 g/mol. The van der Waals surface area contributed by atoms with E-state index in [1.807, 2.05) is 24.3 Å². The summed E-state index contributed by atoms with van der Waals surface area (Å²) < 4.78 is 5.56. The highest BCUT2D eigenvalue weighted by Gasteiger charge is 2.13. The average Bonchev–Trinajstić information content (AvgIpc) is 3.22. The quantitative estimate of drug-likeness (QED) is 0.636. The molecule has 1 aromatic carbocycles. The highest BCUT2D eigenvalue weighted by Crippen LogP contribution is 2.24. The lowest BCUT2D eigenvalue weighted by atomic mass is 10.2. The number of thiazole rings is 1. The monoisotopic (exact) mass is 361 g/mol. The summed E-state index contributed by atoms with van der Waals surface area (Å²) in [4.78, 5) is 9.20. The Balaban J connectivity index is 1.62. The van der Waals surface area contributed by atoms with E-state index in [0.29, 0.717) is 23.4 Å². The van der Waals surface area contributed by atoms with Crippen molar-refractivity contribution in [3.05, 3.63) is 57.3 Å². The number of nitrogens with zero attached hydrogens (tertiary/aromatic N) is 2. The maximum atomic E-state index is 6.01. The molecule has 2 heterocycles. The molecule has 0 aliphatic rings. The van der Waals surface area contributed by atoms with Gasteiger partial charge in [-0.25, -0.2) is 9.97 Å². The first kappa shape index (κ1) is 17.1. The fraction of sp³-hybridized carbons (Fsp3) is 0.333. The Bertz CT molecular complexity index is 812. The van der Waals surface area contributed by atoms with Crippen molar-refractivity contribution >= 4 is 22.9 Å². The number of nitrogens with one attached hydrogen (secondary N) is 1. The van der Waals surface area contributed by atoms with Crippen LogP contribution in [0.3, 0.4) is 0 Å². The number of aromatic nitrogens is 2. The molecule has 0 aliphatic heterocycles. The zero-order valence-corrected chi connectivity index (χ0v) is 15.5. The standard InChI is InChI=1S/C18H20ClN3OS/c1-11(2)18-22-16(10-24-18)12(3)20-8-15-9-23-17(21-15)13-5-4-6-14(19)7-13/h4-7,9-12,20H,8H2,1-3H3/t12-/m1/s1. The van der Waals surface area contributed by atoms with E-state index in [-0.39, 0.29) is 6.04 Å². The first-order chi connectivity index (χ1) is 11.5. The van der Waals surface area contributed by atoms with Crippen LogP contribution in [0.15, 0.2) is 40.3 Å². The first-order valence-electron chi connectivity index (χ1n) is 7.92. The van der Waals surface area contributed by atoms with Crippen LogP contribution in [0.1, 0.15) is 49.1 Å². The highest BCUT2D eigenvalue weighted by atomic mass is 35.5. The third-order valence-electron chi connectivity index (χ3n) is 3.69. The molecule has 0 fully saturated rings. The maximum Gasteiger partial charge on any atom is 0.226 e. The van der Waals surface area contributed by atoms with Crippen molar-refractivity contribution in [2.75, 3.05) is 0 Å². The smallest absolute Gasteiger partial charge is 0.226 e. The van der Waals surface area contributed by atoms with Crippen LogP contribution >= 0.6 is 22.9 Å². The third-order valence-corrected chi connectivity index (χ3v) is 5.09. The second-order valence-corrected chi connectivity index (χ2v) is 7.35. The molecule has 126 valence electrons. The fourth-order valence-corrected chi connectivity index (χ4v) is 3.39. The van der Waals surface area contributed by atoms with Crippen molar-refractivity contribution in [2.24, 2.45) is 0 Å². The Hall–Kier alpha value is -1.69. The Morgan fingerprint density at radius 3 is 2.79 bits per heavy atom. The largest absolute Gasteiger partial charge is 0.444 e. The van der Waals surface area contributed by atoms with Gasteiger partial charge in [0, 0.05) is 34.5 Å². The van der Waals surface area contributed by atoms with Gasteiger partial charge < -0.3 is 9.73 Å². The molecule has 0 radical (unpaired) electrons. The van der Waals surface area contributed by atoms with Gasteiger partial charge >= 0.3 is 0 Å². The van der Waals surface area contributed by atoms with E-state index in [9.17, 15) is 0 Å². The molecule has 1 N–H and O–H groups in total. The van der Waals surface area contributed by atoms with Crippen LogP contribution in [0, 0.1) is 0 Å².